The van der Waals surface area contributed by atoms with Gasteiger partial charge in [0, 0.05) is 5.56 Å². The second-order valence-electron chi connectivity index (χ2n) is 7.10. The van der Waals surface area contributed by atoms with Gasteiger partial charge in [0.2, 0.25) is 5.78 Å². The number of carbonyl (C=O) groups excluding carboxylic acids is 1. The Morgan fingerprint density at radius 3 is 2.11 bits per heavy atom. The van der Waals surface area contributed by atoms with Crippen LogP contribution in [0.4, 0.5) is 0 Å². The maximum atomic E-state index is 13.0. The van der Waals surface area contributed by atoms with Crippen molar-refractivity contribution < 1.29 is 19.0 Å². The number of ether oxygens (including phenoxy) is 3. The second-order valence-corrected chi connectivity index (χ2v) is 7.10. The third-order valence-electron chi connectivity index (χ3n) is 4.62. The molecule has 0 saturated heterocycles. The number of unbranched alkanes of at least 4 members (excludes halogenated alkanes) is 1. The number of ketones is 1. The van der Waals surface area contributed by atoms with E-state index in [9.17, 15) is 4.79 Å². The molecule has 3 rings (SSSR count). The molecule has 0 N–H and O–H groups in total. The summed E-state index contributed by atoms with van der Waals surface area (Å²) in [6, 6.07) is 15.2. The molecule has 0 aliphatic carbocycles. The second kappa shape index (κ2) is 7.87. The van der Waals surface area contributed by atoms with Crippen molar-refractivity contribution in [1.82, 2.24) is 0 Å². The molecule has 2 aromatic carbocycles. The molecule has 0 aromatic heterocycles. The quantitative estimate of drug-likeness (QED) is 0.638. The largest absolute Gasteiger partial charge is 0.497 e. The Balaban J connectivity index is 1.95. The van der Waals surface area contributed by atoms with Crippen LogP contribution in [0.25, 0.3) is 11.3 Å². The molecule has 4 nitrogen and oxygen atoms in total. The van der Waals surface area contributed by atoms with Gasteiger partial charge in [-0.3, -0.25) is 4.79 Å². The van der Waals surface area contributed by atoms with E-state index in [1.807, 2.05) is 48.5 Å². The van der Waals surface area contributed by atoms with Gasteiger partial charge in [0.1, 0.15) is 17.3 Å². The lowest BCUT2D eigenvalue weighted by molar-refractivity contribution is -0.125. The van der Waals surface area contributed by atoms with Crippen molar-refractivity contribution >= 4 is 17.1 Å². The molecule has 2 aromatic rings. The van der Waals surface area contributed by atoms with Crippen LogP contribution in [0, 0.1) is 0 Å². The Morgan fingerprint density at radius 2 is 1.52 bits per heavy atom. The van der Waals surface area contributed by atoms with Crippen molar-refractivity contribution in [2.75, 3.05) is 13.7 Å². The molecule has 142 valence electrons. The smallest absolute Gasteiger partial charge is 0.210 e. The fourth-order valence-electron chi connectivity index (χ4n) is 3.02. The van der Waals surface area contributed by atoms with Crippen molar-refractivity contribution in [2.45, 2.75) is 39.2 Å². The van der Waals surface area contributed by atoms with E-state index in [2.05, 4.69) is 6.92 Å². The molecule has 1 aliphatic heterocycles. The summed E-state index contributed by atoms with van der Waals surface area (Å²) in [5.41, 5.74) is 1.40. The summed E-state index contributed by atoms with van der Waals surface area (Å²) in [6.45, 7) is 6.44. The molecule has 0 atom stereocenters. The standard InChI is InChI=1S/C23H26O4/c1-5-6-15-26-19-13-9-17(10-14-19)21-20(22(24)23(2,3)27-21)16-7-11-18(25-4)12-8-16/h7-14H,5-6,15H2,1-4H3. The zero-order valence-corrected chi connectivity index (χ0v) is 16.4. The minimum absolute atomic E-state index is 0.0223. The van der Waals surface area contributed by atoms with Crippen LogP contribution in [0.1, 0.15) is 44.7 Å². The van der Waals surface area contributed by atoms with Gasteiger partial charge in [0.15, 0.2) is 5.60 Å². The molecule has 27 heavy (non-hydrogen) atoms. The molecular weight excluding hydrogens is 340 g/mol. The van der Waals surface area contributed by atoms with Crippen LogP contribution in [0.2, 0.25) is 0 Å². The zero-order valence-electron chi connectivity index (χ0n) is 16.4. The highest BCUT2D eigenvalue weighted by molar-refractivity contribution is 6.32. The molecule has 0 spiro atoms. The maximum absolute atomic E-state index is 13.0. The highest BCUT2D eigenvalue weighted by Crippen LogP contribution is 2.41. The van der Waals surface area contributed by atoms with Gasteiger partial charge in [-0.25, -0.2) is 0 Å². The van der Waals surface area contributed by atoms with Crippen LogP contribution in [0.5, 0.6) is 11.5 Å². The third kappa shape index (κ3) is 4.00. The number of benzene rings is 2. The van der Waals surface area contributed by atoms with Gasteiger partial charge < -0.3 is 14.2 Å². The Bertz CT molecular complexity index is 830. The average Bonchev–Trinajstić information content (AvgIpc) is 2.92. The summed E-state index contributed by atoms with van der Waals surface area (Å²) in [6.07, 6.45) is 2.13. The lowest BCUT2D eigenvalue weighted by Gasteiger charge is -2.18. The molecule has 1 heterocycles. The Hall–Kier alpha value is -2.75. The summed E-state index contributed by atoms with van der Waals surface area (Å²) in [7, 11) is 1.62. The van der Waals surface area contributed by atoms with E-state index in [0.717, 1.165) is 35.5 Å². The van der Waals surface area contributed by atoms with Gasteiger partial charge in [-0.2, -0.15) is 0 Å². The molecule has 0 fully saturated rings. The van der Waals surface area contributed by atoms with Gasteiger partial charge >= 0.3 is 0 Å². The highest BCUT2D eigenvalue weighted by atomic mass is 16.5. The van der Waals surface area contributed by atoms with Crippen molar-refractivity contribution in [3.05, 3.63) is 59.7 Å². The maximum Gasteiger partial charge on any atom is 0.210 e. The topological polar surface area (TPSA) is 44.8 Å². The third-order valence-corrected chi connectivity index (χ3v) is 4.62. The first-order valence-electron chi connectivity index (χ1n) is 9.32. The van der Waals surface area contributed by atoms with Gasteiger partial charge in [-0.1, -0.05) is 25.5 Å². The number of rotatable bonds is 7. The highest BCUT2D eigenvalue weighted by Gasteiger charge is 2.42. The minimum Gasteiger partial charge on any atom is -0.497 e. The minimum atomic E-state index is -0.888. The first-order chi connectivity index (χ1) is 13.0. The molecule has 0 saturated carbocycles. The number of methoxy groups -OCH3 is 1. The summed E-state index contributed by atoms with van der Waals surface area (Å²) in [5.74, 6) is 2.16. The van der Waals surface area contributed by atoms with E-state index in [1.54, 1.807) is 21.0 Å². The van der Waals surface area contributed by atoms with E-state index in [0.29, 0.717) is 17.9 Å². The van der Waals surface area contributed by atoms with Crippen LogP contribution >= 0.6 is 0 Å². The van der Waals surface area contributed by atoms with Crippen LogP contribution in [-0.2, 0) is 9.53 Å². The van der Waals surface area contributed by atoms with E-state index in [-0.39, 0.29) is 5.78 Å². The Labute approximate surface area is 160 Å². The summed E-state index contributed by atoms with van der Waals surface area (Å²) in [5, 5.41) is 0. The number of carbonyl (C=O) groups is 1. The lowest BCUT2D eigenvalue weighted by Crippen LogP contribution is -2.29. The van der Waals surface area contributed by atoms with Gasteiger partial charge in [-0.15, -0.1) is 0 Å². The zero-order chi connectivity index (χ0) is 19.4. The Kier molecular flexibility index (Phi) is 5.54. The molecule has 0 amide bonds. The fraction of sp³-hybridized carbons (Fsp3) is 0.348. The number of Topliss-reactive ketones (excluding diaryl/α,β-unsaturated/α-hetero) is 1. The van der Waals surface area contributed by atoms with Crippen molar-refractivity contribution in [3.63, 3.8) is 0 Å². The summed E-state index contributed by atoms with van der Waals surface area (Å²) >= 11 is 0. The van der Waals surface area contributed by atoms with Crippen molar-refractivity contribution in [3.8, 4) is 11.5 Å². The number of hydrogen-bond donors (Lipinski definition) is 0. The molecule has 4 heteroatoms. The van der Waals surface area contributed by atoms with Gasteiger partial charge in [0.25, 0.3) is 0 Å². The van der Waals surface area contributed by atoms with Crippen LogP contribution in [0.15, 0.2) is 48.5 Å². The first kappa shape index (κ1) is 19.0. The van der Waals surface area contributed by atoms with Gasteiger partial charge in [-0.05, 0) is 62.2 Å². The van der Waals surface area contributed by atoms with E-state index in [4.69, 9.17) is 14.2 Å². The predicted octanol–water partition coefficient (Wildman–Crippen LogP) is 5.12. The lowest BCUT2D eigenvalue weighted by atomic mass is 9.92. The molecule has 0 unspecified atom stereocenters. The van der Waals surface area contributed by atoms with E-state index < -0.39 is 5.60 Å². The SMILES string of the molecule is CCCCOc1ccc(C2=C(c3ccc(OC)cc3)C(=O)C(C)(C)O2)cc1. The molecule has 0 radical (unpaired) electrons. The van der Waals surface area contributed by atoms with Gasteiger partial charge in [0.05, 0.1) is 19.3 Å². The van der Waals surface area contributed by atoms with Crippen LogP contribution < -0.4 is 9.47 Å². The van der Waals surface area contributed by atoms with Crippen LogP contribution in [0.3, 0.4) is 0 Å². The Morgan fingerprint density at radius 1 is 0.926 bits per heavy atom. The molecule has 1 aliphatic rings. The van der Waals surface area contributed by atoms with Crippen LogP contribution in [-0.4, -0.2) is 25.1 Å². The van der Waals surface area contributed by atoms with E-state index in [1.165, 1.54) is 0 Å². The van der Waals surface area contributed by atoms with E-state index >= 15 is 0 Å². The average molecular weight is 366 g/mol. The monoisotopic (exact) mass is 366 g/mol. The fourth-order valence-corrected chi connectivity index (χ4v) is 3.02. The van der Waals surface area contributed by atoms with Crippen molar-refractivity contribution in [2.24, 2.45) is 0 Å². The summed E-state index contributed by atoms with van der Waals surface area (Å²) < 4.78 is 17.0. The number of hydrogen-bond acceptors (Lipinski definition) is 4. The molecule has 0 bridgehead atoms. The predicted molar refractivity (Wildman–Crippen MR) is 107 cm³/mol. The summed E-state index contributed by atoms with van der Waals surface area (Å²) in [4.78, 5) is 13.0. The first-order valence-corrected chi connectivity index (χ1v) is 9.32. The molecular formula is C23H26O4. The normalized spacial score (nSPS) is 15.6. The van der Waals surface area contributed by atoms with Crippen molar-refractivity contribution in [1.29, 1.82) is 0 Å².